The van der Waals surface area contributed by atoms with Crippen LogP contribution in [0.3, 0.4) is 0 Å². The van der Waals surface area contributed by atoms with Gasteiger partial charge in [0.25, 0.3) is 0 Å². The molecule has 0 aliphatic rings. The number of aromatic nitrogens is 1. The number of rotatable bonds is 3. The normalized spacial score (nSPS) is 10.9. The van der Waals surface area contributed by atoms with Crippen LogP contribution < -0.4 is 0 Å². The maximum Gasteiger partial charge on any atom is 0.0970 e. The first-order valence-corrected chi connectivity index (χ1v) is 7.90. The van der Waals surface area contributed by atoms with Crippen LogP contribution in [0.1, 0.15) is 5.56 Å². The number of fused-ring (bicyclic) bond motifs is 1. The molecular weight excluding hydrogens is 309 g/mol. The molecule has 0 saturated carbocycles. The van der Waals surface area contributed by atoms with Gasteiger partial charge in [-0.2, -0.15) is 0 Å². The van der Waals surface area contributed by atoms with E-state index >= 15 is 0 Å². The molecule has 20 heavy (non-hydrogen) atoms. The molecule has 100 valence electrons. The van der Waals surface area contributed by atoms with Crippen molar-refractivity contribution in [2.75, 3.05) is 0 Å². The second-order valence-electron chi connectivity index (χ2n) is 4.33. The van der Waals surface area contributed by atoms with Gasteiger partial charge in [0.15, 0.2) is 0 Å². The van der Waals surface area contributed by atoms with Gasteiger partial charge < -0.3 is 0 Å². The minimum absolute atomic E-state index is 0.700. The summed E-state index contributed by atoms with van der Waals surface area (Å²) in [7, 11) is 0. The van der Waals surface area contributed by atoms with Crippen molar-refractivity contribution in [2.24, 2.45) is 0 Å². The summed E-state index contributed by atoms with van der Waals surface area (Å²) in [4.78, 5) is 4.63. The van der Waals surface area contributed by atoms with E-state index in [0.717, 1.165) is 21.5 Å². The summed E-state index contributed by atoms with van der Waals surface area (Å²) in [6, 6.07) is 17.8. The molecule has 0 unspecified atom stereocenters. The number of pyridine rings is 1. The van der Waals surface area contributed by atoms with Crippen molar-refractivity contribution in [1.82, 2.24) is 4.98 Å². The highest BCUT2D eigenvalue weighted by molar-refractivity contribution is 7.98. The van der Waals surface area contributed by atoms with E-state index in [-0.39, 0.29) is 0 Å². The van der Waals surface area contributed by atoms with Crippen LogP contribution in [-0.2, 0) is 5.75 Å². The molecule has 0 bridgehead atoms. The smallest absolute Gasteiger partial charge is 0.0970 e. The number of para-hydroxylation sites is 1. The summed E-state index contributed by atoms with van der Waals surface area (Å²) in [6.45, 7) is 0. The molecule has 0 spiro atoms. The third-order valence-corrected chi connectivity index (χ3v) is 4.66. The fourth-order valence-corrected chi connectivity index (χ4v) is 3.56. The minimum atomic E-state index is 0.700. The SMILES string of the molecule is Clc1cccc(Cl)c1CSc1ccc2ccccc2n1. The lowest BCUT2D eigenvalue weighted by Crippen LogP contribution is -1.87. The molecule has 1 aromatic heterocycles. The van der Waals surface area contributed by atoms with Crippen molar-refractivity contribution in [3.63, 3.8) is 0 Å². The molecule has 3 rings (SSSR count). The number of thioether (sulfide) groups is 1. The largest absolute Gasteiger partial charge is 0.241 e. The van der Waals surface area contributed by atoms with E-state index in [9.17, 15) is 0 Å². The van der Waals surface area contributed by atoms with Crippen LogP contribution in [-0.4, -0.2) is 4.98 Å². The quantitative estimate of drug-likeness (QED) is 0.563. The predicted molar refractivity (Wildman–Crippen MR) is 87.8 cm³/mol. The van der Waals surface area contributed by atoms with Crippen molar-refractivity contribution in [3.05, 3.63) is 70.2 Å². The number of hydrogen-bond donors (Lipinski definition) is 0. The van der Waals surface area contributed by atoms with Crippen LogP contribution in [0.2, 0.25) is 10.0 Å². The summed E-state index contributed by atoms with van der Waals surface area (Å²) in [5, 5.41) is 3.52. The van der Waals surface area contributed by atoms with Crippen molar-refractivity contribution in [1.29, 1.82) is 0 Å². The van der Waals surface area contributed by atoms with Gasteiger partial charge in [0.05, 0.1) is 10.5 Å². The molecule has 0 aliphatic heterocycles. The van der Waals surface area contributed by atoms with Gasteiger partial charge >= 0.3 is 0 Å². The van der Waals surface area contributed by atoms with E-state index in [1.807, 2.05) is 42.5 Å². The van der Waals surface area contributed by atoms with Crippen molar-refractivity contribution < 1.29 is 0 Å². The molecule has 0 aliphatic carbocycles. The Hall–Kier alpha value is -1.22. The molecule has 4 heteroatoms. The first-order chi connectivity index (χ1) is 9.74. The van der Waals surface area contributed by atoms with Crippen LogP contribution in [0.15, 0.2) is 59.6 Å². The molecule has 0 radical (unpaired) electrons. The van der Waals surface area contributed by atoms with E-state index < -0.39 is 0 Å². The van der Waals surface area contributed by atoms with Gasteiger partial charge in [-0.1, -0.05) is 53.5 Å². The maximum atomic E-state index is 6.17. The molecule has 0 fully saturated rings. The Morgan fingerprint density at radius 2 is 1.60 bits per heavy atom. The van der Waals surface area contributed by atoms with E-state index in [0.29, 0.717) is 15.8 Å². The fraction of sp³-hybridized carbons (Fsp3) is 0.0625. The molecule has 1 nitrogen and oxygen atoms in total. The Morgan fingerprint density at radius 3 is 2.40 bits per heavy atom. The Labute approximate surface area is 131 Å². The second-order valence-corrected chi connectivity index (χ2v) is 6.14. The van der Waals surface area contributed by atoms with Crippen LogP contribution >= 0.6 is 35.0 Å². The van der Waals surface area contributed by atoms with E-state index in [1.54, 1.807) is 11.8 Å². The summed E-state index contributed by atoms with van der Waals surface area (Å²) in [5.41, 5.74) is 1.96. The van der Waals surface area contributed by atoms with Crippen molar-refractivity contribution in [3.8, 4) is 0 Å². The van der Waals surface area contributed by atoms with Crippen molar-refractivity contribution in [2.45, 2.75) is 10.8 Å². The summed E-state index contributed by atoms with van der Waals surface area (Å²) < 4.78 is 0. The highest BCUT2D eigenvalue weighted by Gasteiger charge is 2.07. The lowest BCUT2D eigenvalue weighted by molar-refractivity contribution is 1.18. The summed E-state index contributed by atoms with van der Waals surface area (Å²) >= 11 is 14.0. The summed E-state index contributed by atoms with van der Waals surface area (Å²) in [6.07, 6.45) is 0. The number of hydrogen-bond acceptors (Lipinski definition) is 2. The highest BCUT2D eigenvalue weighted by atomic mass is 35.5. The lowest BCUT2D eigenvalue weighted by Gasteiger charge is -2.07. The molecule has 0 N–H and O–H groups in total. The zero-order chi connectivity index (χ0) is 13.9. The standard InChI is InChI=1S/C16H11Cl2NS/c17-13-5-3-6-14(18)12(13)10-20-16-9-8-11-4-1-2-7-15(11)19-16/h1-9H,10H2. The predicted octanol–water partition coefficient (Wildman–Crippen LogP) is 5.83. The van der Waals surface area contributed by atoms with Gasteiger partial charge in [-0.15, -0.1) is 11.8 Å². The average molecular weight is 320 g/mol. The maximum absolute atomic E-state index is 6.17. The number of nitrogens with zero attached hydrogens (tertiary/aromatic N) is 1. The van der Waals surface area contributed by atoms with Crippen LogP contribution in [0.4, 0.5) is 0 Å². The van der Waals surface area contributed by atoms with Crippen LogP contribution in [0.5, 0.6) is 0 Å². The Bertz CT molecular complexity index is 738. The number of benzene rings is 2. The lowest BCUT2D eigenvalue weighted by atomic mass is 10.2. The molecular formula is C16H11Cl2NS. The van der Waals surface area contributed by atoms with Gasteiger partial charge in [-0.3, -0.25) is 0 Å². The molecule has 1 heterocycles. The first-order valence-electron chi connectivity index (χ1n) is 6.15. The molecule has 3 aromatic rings. The Morgan fingerprint density at radius 1 is 0.850 bits per heavy atom. The van der Waals surface area contributed by atoms with E-state index in [4.69, 9.17) is 23.2 Å². The molecule has 2 aromatic carbocycles. The zero-order valence-electron chi connectivity index (χ0n) is 10.5. The van der Waals surface area contributed by atoms with Crippen molar-refractivity contribution >= 4 is 45.9 Å². The second kappa shape index (κ2) is 6.04. The highest BCUT2D eigenvalue weighted by Crippen LogP contribution is 2.31. The molecule has 0 amide bonds. The average Bonchev–Trinajstić information content (AvgIpc) is 2.46. The molecule has 0 atom stereocenters. The van der Waals surface area contributed by atoms with Gasteiger partial charge in [-0.05, 0) is 29.8 Å². The van der Waals surface area contributed by atoms with Gasteiger partial charge in [0.2, 0.25) is 0 Å². The topological polar surface area (TPSA) is 12.9 Å². The number of halogens is 2. The monoisotopic (exact) mass is 319 g/mol. The third-order valence-electron chi connectivity index (χ3n) is 3.00. The molecule has 0 saturated heterocycles. The van der Waals surface area contributed by atoms with Crippen LogP contribution in [0.25, 0.3) is 10.9 Å². The minimum Gasteiger partial charge on any atom is -0.241 e. The van der Waals surface area contributed by atoms with Crippen LogP contribution in [0, 0.1) is 0 Å². The van der Waals surface area contributed by atoms with E-state index in [2.05, 4.69) is 17.1 Å². The van der Waals surface area contributed by atoms with E-state index in [1.165, 1.54) is 0 Å². The zero-order valence-corrected chi connectivity index (χ0v) is 12.8. The van der Waals surface area contributed by atoms with Gasteiger partial charge in [0.1, 0.15) is 0 Å². The van der Waals surface area contributed by atoms with Gasteiger partial charge in [-0.25, -0.2) is 4.98 Å². The third kappa shape index (κ3) is 2.93. The Balaban J connectivity index is 1.83. The summed E-state index contributed by atoms with van der Waals surface area (Å²) in [5.74, 6) is 0.712. The first kappa shape index (κ1) is 13.7. The Kier molecular flexibility index (Phi) is 4.16. The van der Waals surface area contributed by atoms with Gasteiger partial charge in [0, 0.05) is 21.2 Å². The fourth-order valence-electron chi connectivity index (χ4n) is 1.94.